The molecule has 0 bridgehead atoms. The summed E-state index contributed by atoms with van der Waals surface area (Å²) in [6, 6.07) is 11.8. The molecule has 3 nitrogen and oxygen atoms in total. The molecule has 0 radical (unpaired) electrons. The third kappa shape index (κ3) is 4.20. The molecule has 0 saturated heterocycles. The van der Waals surface area contributed by atoms with Crippen molar-refractivity contribution >= 4 is 27.8 Å². The first-order valence-corrected chi connectivity index (χ1v) is 7.33. The Kier molecular flexibility index (Phi) is 5.17. The SMILES string of the molecule is CCOc1ccc(Br)cc1/C=C/C(=O)c1ccc(O)cc1. The number of rotatable bonds is 5. The molecule has 108 valence electrons. The van der Waals surface area contributed by atoms with Gasteiger partial charge in [-0.25, -0.2) is 0 Å². The van der Waals surface area contributed by atoms with E-state index in [0.29, 0.717) is 12.2 Å². The average molecular weight is 347 g/mol. The molecular weight excluding hydrogens is 332 g/mol. The highest BCUT2D eigenvalue weighted by Crippen LogP contribution is 2.24. The second-order valence-electron chi connectivity index (χ2n) is 4.36. The van der Waals surface area contributed by atoms with E-state index in [1.54, 1.807) is 18.2 Å². The maximum Gasteiger partial charge on any atom is 0.185 e. The second-order valence-corrected chi connectivity index (χ2v) is 5.28. The van der Waals surface area contributed by atoms with Crippen molar-refractivity contribution in [3.63, 3.8) is 0 Å². The highest BCUT2D eigenvalue weighted by atomic mass is 79.9. The van der Waals surface area contributed by atoms with Crippen LogP contribution in [-0.2, 0) is 0 Å². The monoisotopic (exact) mass is 346 g/mol. The first kappa shape index (κ1) is 15.3. The van der Waals surface area contributed by atoms with Gasteiger partial charge in [-0.15, -0.1) is 0 Å². The number of aromatic hydroxyl groups is 1. The van der Waals surface area contributed by atoms with Gasteiger partial charge in [-0.05, 0) is 61.5 Å². The lowest BCUT2D eigenvalue weighted by Crippen LogP contribution is -1.95. The van der Waals surface area contributed by atoms with E-state index in [1.807, 2.05) is 25.1 Å². The van der Waals surface area contributed by atoms with Gasteiger partial charge in [0.25, 0.3) is 0 Å². The van der Waals surface area contributed by atoms with E-state index >= 15 is 0 Å². The number of hydrogen-bond donors (Lipinski definition) is 1. The maximum absolute atomic E-state index is 12.1. The summed E-state index contributed by atoms with van der Waals surface area (Å²) in [7, 11) is 0. The molecule has 2 rings (SSSR count). The number of hydrogen-bond acceptors (Lipinski definition) is 3. The Labute approximate surface area is 132 Å². The lowest BCUT2D eigenvalue weighted by Gasteiger charge is -2.07. The molecule has 0 atom stereocenters. The van der Waals surface area contributed by atoms with Crippen LogP contribution in [0.2, 0.25) is 0 Å². The molecule has 21 heavy (non-hydrogen) atoms. The minimum atomic E-state index is -0.127. The van der Waals surface area contributed by atoms with E-state index in [2.05, 4.69) is 15.9 Å². The fourth-order valence-corrected chi connectivity index (χ4v) is 2.20. The van der Waals surface area contributed by atoms with Crippen molar-refractivity contribution in [2.75, 3.05) is 6.61 Å². The molecule has 0 aromatic heterocycles. The van der Waals surface area contributed by atoms with Gasteiger partial charge in [0.1, 0.15) is 11.5 Å². The Bertz CT molecular complexity index is 660. The molecule has 2 aromatic carbocycles. The first-order valence-electron chi connectivity index (χ1n) is 6.54. The quantitative estimate of drug-likeness (QED) is 0.642. The standard InChI is InChI=1S/C17H15BrO3/c1-2-21-17-10-6-14(18)11-13(17)5-9-16(20)12-3-7-15(19)8-4-12/h3-11,19H,2H2,1H3/b9-5+. The number of allylic oxidation sites excluding steroid dienone is 1. The summed E-state index contributed by atoms with van der Waals surface area (Å²) < 4.78 is 6.45. The minimum absolute atomic E-state index is 0.127. The van der Waals surface area contributed by atoms with E-state index in [0.717, 1.165) is 15.8 Å². The third-order valence-corrected chi connectivity index (χ3v) is 3.33. The number of ketones is 1. The molecule has 0 spiro atoms. The fourth-order valence-electron chi connectivity index (χ4n) is 1.82. The lowest BCUT2D eigenvalue weighted by molar-refractivity contribution is 0.104. The van der Waals surface area contributed by atoms with Crippen LogP contribution in [0.3, 0.4) is 0 Å². The van der Waals surface area contributed by atoms with Crippen LogP contribution >= 0.6 is 15.9 Å². The highest BCUT2D eigenvalue weighted by molar-refractivity contribution is 9.10. The van der Waals surface area contributed by atoms with Gasteiger partial charge in [0, 0.05) is 15.6 Å². The molecule has 1 N–H and O–H groups in total. The Morgan fingerprint density at radius 2 is 1.95 bits per heavy atom. The van der Waals surface area contributed by atoms with Crippen LogP contribution < -0.4 is 4.74 Å². The van der Waals surface area contributed by atoms with Gasteiger partial charge in [-0.1, -0.05) is 15.9 Å². The minimum Gasteiger partial charge on any atom is -0.508 e. The Morgan fingerprint density at radius 1 is 1.24 bits per heavy atom. The van der Waals surface area contributed by atoms with Gasteiger partial charge in [-0.2, -0.15) is 0 Å². The summed E-state index contributed by atoms with van der Waals surface area (Å²) in [6.45, 7) is 2.48. The smallest absolute Gasteiger partial charge is 0.185 e. The number of ether oxygens (including phenoxy) is 1. The molecule has 0 amide bonds. The van der Waals surface area contributed by atoms with E-state index in [9.17, 15) is 9.90 Å². The van der Waals surface area contributed by atoms with Crippen LogP contribution in [0.1, 0.15) is 22.8 Å². The van der Waals surface area contributed by atoms with Crippen molar-refractivity contribution < 1.29 is 14.6 Å². The zero-order valence-electron chi connectivity index (χ0n) is 11.5. The Hall–Kier alpha value is -2.07. The summed E-state index contributed by atoms with van der Waals surface area (Å²) in [5.74, 6) is 0.744. The molecule has 0 unspecified atom stereocenters. The summed E-state index contributed by atoms with van der Waals surface area (Å²) in [6.07, 6.45) is 3.22. The number of carbonyl (C=O) groups is 1. The zero-order valence-corrected chi connectivity index (χ0v) is 13.1. The number of phenols is 1. The molecule has 0 fully saturated rings. The maximum atomic E-state index is 12.1. The van der Waals surface area contributed by atoms with Gasteiger partial charge in [0.15, 0.2) is 5.78 Å². The van der Waals surface area contributed by atoms with Crippen molar-refractivity contribution in [1.82, 2.24) is 0 Å². The third-order valence-electron chi connectivity index (χ3n) is 2.84. The van der Waals surface area contributed by atoms with Crippen molar-refractivity contribution in [2.45, 2.75) is 6.92 Å². The molecule has 0 aliphatic carbocycles. The number of phenolic OH excluding ortho intramolecular Hbond substituents is 1. The topological polar surface area (TPSA) is 46.5 Å². The predicted octanol–water partition coefficient (Wildman–Crippen LogP) is 4.45. The normalized spacial score (nSPS) is 10.8. The lowest BCUT2D eigenvalue weighted by atomic mass is 10.1. The number of benzene rings is 2. The van der Waals surface area contributed by atoms with Crippen LogP contribution in [0.4, 0.5) is 0 Å². The van der Waals surface area contributed by atoms with Crippen molar-refractivity contribution in [2.24, 2.45) is 0 Å². The first-order chi connectivity index (χ1) is 10.1. The molecule has 4 heteroatoms. The van der Waals surface area contributed by atoms with Gasteiger partial charge in [0.05, 0.1) is 6.61 Å². The zero-order chi connectivity index (χ0) is 15.2. The predicted molar refractivity (Wildman–Crippen MR) is 86.8 cm³/mol. The molecule has 0 heterocycles. The molecule has 0 saturated carbocycles. The van der Waals surface area contributed by atoms with E-state index in [-0.39, 0.29) is 11.5 Å². The van der Waals surface area contributed by atoms with Crippen LogP contribution in [0.15, 0.2) is 53.0 Å². The second kappa shape index (κ2) is 7.09. The van der Waals surface area contributed by atoms with Gasteiger partial charge < -0.3 is 9.84 Å². The van der Waals surface area contributed by atoms with E-state index in [1.165, 1.54) is 18.2 Å². The fraction of sp³-hybridized carbons (Fsp3) is 0.118. The highest BCUT2D eigenvalue weighted by Gasteiger charge is 2.04. The van der Waals surface area contributed by atoms with Crippen LogP contribution in [0.5, 0.6) is 11.5 Å². The van der Waals surface area contributed by atoms with Crippen LogP contribution in [-0.4, -0.2) is 17.5 Å². The van der Waals surface area contributed by atoms with E-state index < -0.39 is 0 Å². The average Bonchev–Trinajstić information content (AvgIpc) is 2.48. The molecule has 0 aliphatic heterocycles. The van der Waals surface area contributed by atoms with Crippen molar-refractivity contribution in [1.29, 1.82) is 0 Å². The van der Waals surface area contributed by atoms with Crippen molar-refractivity contribution in [3.05, 3.63) is 64.1 Å². The Balaban J connectivity index is 2.22. The number of carbonyl (C=O) groups excluding carboxylic acids is 1. The number of halogens is 1. The molecular formula is C17H15BrO3. The van der Waals surface area contributed by atoms with E-state index in [4.69, 9.17) is 4.74 Å². The van der Waals surface area contributed by atoms with Gasteiger partial charge in [-0.3, -0.25) is 4.79 Å². The largest absolute Gasteiger partial charge is 0.508 e. The Morgan fingerprint density at radius 3 is 2.62 bits per heavy atom. The summed E-state index contributed by atoms with van der Waals surface area (Å²) in [4.78, 5) is 12.1. The van der Waals surface area contributed by atoms with Crippen molar-refractivity contribution in [3.8, 4) is 11.5 Å². The van der Waals surface area contributed by atoms with Gasteiger partial charge >= 0.3 is 0 Å². The van der Waals surface area contributed by atoms with Crippen LogP contribution in [0, 0.1) is 0 Å². The summed E-state index contributed by atoms with van der Waals surface area (Å²) in [5, 5.41) is 9.22. The summed E-state index contributed by atoms with van der Waals surface area (Å²) in [5.41, 5.74) is 1.36. The summed E-state index contributed by atoms with van der Waals surface area (Å²) >= 11 is 3.41. The molecule has 0 aliphatic rings. The van der Waals surface area contributed by atoms with Crippen LogP contribution in [0.25, 0.3) is 6.08 Å². The van der Waals surface area contributed by atoms with Gasteiger partial charge in [0.2, 0.25) is 0 Å². The molecule has 2 aromatic rings.